The van der Waals surface area contributed by atoms with Crippen molar-refractivity contribution < 1.29 is 22.5 Å². The van der Waals surface area contributed by atoms with Crippen molar-refractivity contribution in [3.05, 3.63) is 41.7 Å². The van der Waals surface area contributed by atoms with Gasteiger partial charge in [0.2, 0.25) is 0 Å². The van der Waals surface area contributed by atoms with Crippen molar-refractivity contribution in [2.75, 3.05) is 14.2 Å². The molecule has 0 spiro atoms. The molecule has 9 heteroatoms. The van der Waals surface area contributed by atoms with E-state index < -0.39 is 17.2 Å². The SMILES string of the molecule is COc1ccnc(CS(=O)c2nc3ccc(C(F)F)cc3[nH]2)c1OC. The summed E-state index contributed by atoms with van der Waals surface area (Å²) in [5, 5.41) is 0.188. The van der Waals surface area contributed by atoms with Crippen molar-refractivity contribution in [3.63, 3.8) is 0 Å². The van der Waals surface area contributed by atoms with Gasteiger partial charge in [-0.1, -0.05) is 6.07 Å². The third kappa shape index (κ3) is 3.46. The predicted octanol–water partition coefficient (Wildman–Crippen LogP) is 3.22. The lowest BCUT2D eigenvalue weighted by Gasteiger charge is -2.10. The maximum absolute atomic E-state index is 12.8. The van der Waals surface area contributed by atoms with Crippen LogP contribution in [0.25, 0.3) is 11.0 Å². The molecule has 6 nitrogen and oxygen atoms in total. The number of aromatic nitrogens is 3. The van der Waals surface area contributed by atoms with E-state index in [1.807, 2.05) is 0 Å². The molecule has 25 heavy (non-hydrogen) atoms. The fraction of sp³-hybridized carbons (Fsp3) is 0.250. The summed E-state index contributed by atoms with van der Waals surface area (Å²) in [7, 11) is 1.41. The number of fused-ring (bicyclic) bond motifs is 1. The van der Waals surface area contributed by atoms with Crippen LogP contribution in [0.4, 0.5) is 8.78 Å². The van der Waals surface area contributed by atoms with Gasteiger partial charge in [-0.15, -0.1) is 0 Å². The normalized spacial score (nSPS) is 12.5. The molecule has 0 aliphatic rings. The van der Waals surface area contributed by atoms with Crippen molar-refractivity contribution in [3.8, 4) is 11.5 Å². The first-order valence-corrected chi connectivity index (χ1v) is 8.57. The van der Waals surface area contributed by atoms with Crippen LogP contribution in [0.15, 0.2) is 35.6 Å². The lowest BCUT2D eigenvalue weighted by molar-refractivity contribution is 0.151. The molecule has 0 amide bonds. The molecule has 2 aromatic heterocycles. The molecule has 1 unspecified atom stereocenters. The lowest BCUT2D eigenvalue weighted by atomic mass is 10.2. The summed E-state index contributed by atoms with van der Waals surface area (Å²) in [6.07, 6.45) is -1.05. The van der Waals surface area contributed by atoms with E-state index in [0.29, 0.717) is 28.2 Å². The molecule has 0 saturated heterocycles. The number of nitrogens with zero attached hydrogens (tertiary/aromatic N) is 2. The second-order valence-corrected chi connectivity index (χ2v) is 6.47. The van der Waals surface area contributed by atoms with Gasteiger partial charge in [0, 0.05) is 17.8 Å². The third-order valence-corrected chi connectivity index (χ3v) is 4.75. The molecule has 0 radical (unpaired) electrons. The van der Waals surface area contributed by atoms with Gasteiger partial charge >= 0.3 is 0 Å². The second-order valence-electron chi connectivity index (χ2n) is 5.10. The van der Waals surface area contributed by atoms with Crippen LogP contribution >= 0.6 is 0 Å². The Morgan fingerprint density at radius 1 is 1.24 bits per heavy atom. The van der Waals surface area contributed by atoms with Crippen molar-refractivity contribution in [2.24, 2.45) is 0 Å². The number of nitrogens with one attached hydrogen (secondary N) is 1. The Kier molecular flexibility index (Phi) is 4.93. The van der Waals surface area contributed by atoms with E-state index in [0.717, 1.165) is 0 Å². The number of H-pyrrole nitrogens is 1. The Labute approximate surface area is 144 Å². The number of halogens is 2. The number of rotatable bonds is 6. The molecule has 0 aliphatic carbocycles. The van der Waals surface area contributed by atoms with Gasteiger partial charge in [-0.2, -0.15) is 0 Å². The first-order chi connectivity index (χ1) is 12.0. The number of ether oxygens (including phenoxy) is 2. The van der Waals surface area contributed by atoms with Gasteiger partial charge in [-0.05, 0) is 12.1 Å². The lowest BCUT2D eigenvalue weighted by Crippen LogP contribution is -2.04. The number of imidazole rings is 1. The summed E-state index contributed by atoms with van der Waals surface area (Å²) in [4.78, 5) is 11.2. The molecule has 1 N–H and O–H groups in total. The molecule has 132 valence electrons. The van der Waals surface area contributed by atoms with E-state index in [4.69, 9.17) is 9.47 Å². The molecule has 0 aliphatic heterocycles. The van der Waals surface area contributed by atoms with Gasteiger partial charge in [-0.25, -0.2) is 13.8 Å². The highest BCUT2D eigenvalue weighted by Crippen LogP contribution is 2.30. The average Bonchev–Trinajstić information content (AvgIpc) is 3.04. The zero-order valence-electron chi connectivity index (χ0n) is 13.5. The number of aromatic amines is 1. The molecule has 0 fully saturated rings. The highest BCUT2D eigenvalue weighted by Gasteiger charge is 2.18. The minimum atomic E-state index is -2.58. The van der Waals surface area contributed by atoms with Gasteiger partial charge in [0.05, 0.1) is 47.5 Å². The van der Waals surface area contributed by atoms with Crippen LogP contribution < -0.4 is 9.47 Å². The quantitative estimate of drug-likeness (QED) is 0.724. The van der Waals surface area contributed by atoms with E-state index in [1.165, 1.54) is 38.6 Å². The number of methoxy groups -OCH3 is 2. The molecule has 0 bridgehead atoms. The maximum Gasteiger partial charge on any atom is 0.263 e. The second kappa shape index (κ2) is 7.14. The van der Waals surface area contributed by atoms with Crippen LogP contribution in [0.3, 0.4) is 0 Å². The van der Waals surface area contributed by atoms with E-state index in [2.05, 4.69) is 15.0 Å². The zero-order chi connectivity index (χ0) is 18.0. The highest BCUT2D eigenvalue weighted by molar-refractivity contribution is 7.84. The minimum Gasteiger partial charge on any atom is -0.493 e. The van der Waals surface area contributed by atoms with Crippen LogP contribution in [0.5, 0.6) is 11.5 Å². The van der Waals surface area contributed by atoms with Crippen LogP contribution in [-0.4, -0.2) is 33.4 Å². The van der Waals surface area contributed by atoms with E-state index in [1.54, 1.807) is 6.07 Å². The Bertz CT molecular complexity index is 930. The fourth-order valence-corrected chi connectivity index (χ4v) is 3.41. The summed E-state index contributed by atoms with van der Waals surface area (Å²) in [5.74, 6) is 0.923. The van der Waals surface area contributed by atoms with E-state index >= 15 is 0 Å². The number of pyridine rings is 1. The average molecular weight is 367 g/mol. The molecule has 0 saturated carbocycles. The van der Waals surface area contributed by atoms with Crippen molar-refractivity contribution >= 4 is 21.8 Å². The first kappa shape index (κ1) is 17.3. The van der Waals surface area contributed by atoms with Crippen LogP contribution in [0, 0.1) is 0 Å². The summed E-state index contributed by atoms with van der Waals surface area (Å²) >= 11 is 0. The largest absolute Gasteiger partial charge is 0.493 e. The van der Waals surface area contributed by atoms with Gasteiger partial charge in [0.15, 0.2) is 16.7 Å². The summed E-state index contributed by atoms with van der Waals surface area (Å²) in [5.41, 5.74) is 1.21. The molecule has 3 rings (SSSR count). The number of hydrogen-bond donors (Lipinski definition) is 1. The molecule has 3 aromatic rings. The van der Waals surface area contributed by atoms with Gasteiger partial charge in [-0.3, -0.25) is 9.19 Å². The Hall–Kier alpha value is -2.55. The molecular weight excluding hydrogens is 352 g/mol. The van der Waals surface area contributed by atoms with Gasteiger partial charge in [0.25, 0.3) is 6.43 Å². The standard InChI is InChI=1S/C16H15F2N3O3S/c1-23-13-5-6-19-12(14(13)24-2)8-25(22)16-20-10-4-3-9(15(17)18)7-11(10)21-16/h3-7,15H,8H2,1-2H3,(H,20,21). The monoisotopic (exact) mass is 367 g/mol. The zero-order valence-corrected chi connectivity index (χ0v) is 14.3. The van der Waals surface area contributed by atoms with Crippen molar-refractivity contribution in [1.82, 2.24) is 15.0 Å². The smallest absolute Gasteiger partial charge is 0.263 e. The van der Waals surface area contributed by atoms with Crippen LogP contribution in [0.1, 0.15) is 17.7 Å². The highest BCUT2D eigenvalue weighted by atomic mass is 32.2. The van der Waals surface area contributed by atoms with E-state index in [-0.39, 0.29) is 16.5 Å². The van der Waals surface area contributed by atoms with Gasteiger partial charge in [0.1, 0.15) is 0 Å². The topological polar surface area (TPSA) is 77.1 Å². The number of benzene rings is 1. The number of alkyl halides is 2. The van der Waals surface area contributed by atoms with Crippen molar-refractivity contribution in [1.29, 1.82) is 0 Å². The maximum atomic E-state index is 12.8. The van der Waals surface area contributed by atoms with Crippen LogP contribution in [-0.2, 0) is 16.6 Å². The predicted molar refractivity (Wildman–Crippen MR) is 88.5 cm³/mol. The Morgan fingerprint density at radius 3 is 2.72 bits per heavy atom. The van der Waals surface area contributed by atoms with E-state index in [9.17, 15) is 13.0 Å². The fourth-order valence-electron chi connectivity index (χ4n) is 2.39. The minimum absolute atomic E-state index is 0.0436. The Balaban J connectivity index is 1.90. The summed E-state index contributed by atoms with van der Waals surface area (Å²) < 4.78 is 48.6. The Morgan fingerprint density at radius 2 is 2.04 bits per heavy atom. The van der Waals surface area contributed by atoms with Crippen molar-refractivity contribution in [2.45, 2.75) is 17.3 Å². The van der Waals surface area contributed by atoms with Crippen LogP contribution in [0.2, 0.25) is 0 Å². The molecular formula is C16H15F2N3O3S. The van der Waals surface area contributed by atoms with Gasteiger partial charge < -0.3 is 14.5 Å². The number of hydrogen-bond acceptors (Lipinski definition) is 5. The molecule has 1 atom stereocenters. The summed E-state index contributed by atoms with van der Waals surface area (Å²) in [6.45, 7) is 0. The third-order valence-electron chi connectivity index (χ3n) is 3.59. The first-order valence-electron chi connectivity index (χ1n) is 7.25. The summed E-state index contributed by atoms with van der Waals surface area (Å²) in [6, 6.07) is 5.71. The molecule has 2 heterocycles. The molecule has 1 aromatic carbocycles.